The van der Waals surface area contributed by atoms with Gasteiger partial charge in [0.05, 0.1) is 7.11 Å². The number of amides is 1. The van der Waals surface area contributed by atoms with E-state index < -0.39 is 0 Å². The van der Waals surface area contributed by atoms with Gasteiger partial charge in [0.2, 0.25) is 5.91 Å². The third kappa shape index (κ3) is 2.51. The standard InChI is InChI=1S/C9H10BNO2/c1-6(12)11-7-3-4-9(13-2)8(10)5-7/h3-5H,1-2H3,(H,11,12). The van der Waals surface area contributed by atoms with Gasteiger partial charge in [0.25, 0.3) is 0 Å². The maximum atomic E-state index is 10.7. The van der Waals surface area contributed by atoms with Crippen molar-refractivity contribution in [1.29, 1.82) is 0 Å². The monoisotopic (exact) mass is 175 g/mol. The third-order valence-electron chi connectivity index (χ3n) is 1.55. The maximum absolute atomic E-state index is 10.7. The number of benzene rings is 1. The molecule has 0 bridgehead atoms. The molecule has 66 valence electrons. The molecular weight excluding hydrogens is 165 g/mol. The van der Waals surface area contributed by atoms with Crippen LogP contribution in [0.3, 0.4) is 0 Å². The minimum absolute atomic E-state index is 0.121. The largest absolute Gasteiger partial charge is 0.497 e. The lowest BCUT2D eigenvalue weighted by molar-refractivity contribution is -0.114. The van der Waals surface area contributed by atoms with Gasteiger partial charge in [-0.25, -0.2) is 0 Å². The number of carbonyl (C=O) groups excluding carboxylic acids is 1. The second-order valence-electron chi connectivity index (χ2n) is 2.64. The number of hydrogen-bond acceptors (Lipinski definition) is 2. The van der Waals surface area contributed by atoms with Gasteiger partial charge in [0, 0.05) is 12.6 Å². The number of hydrogen-bond donors (Lipinski definition) is 1. The number of anilines is 1. The Morgan fingerprint density at radius 3 is 2.69 bits per heavy atom. The molecule has 1 aromatic carbocycles. The molecule has 0 heterocycles. The number of rotatable bonds is 2. The first kappa shape index (κ1) is 9.64. The van der Waals surface area contributed by atoms with Crippen LogP contribution < -0.4 is 15.5 Å². The van der Waals surface area contributed by atoms with Crippen LogP contribution in [0.1, 0.15) is 6.92 Å². The molecule has 0 aliphatic heterocycles. The van der Waals surface area contributed by atoms with Crippen LogP contribution >= 0.6 is 0 Å². The molecule has 1 N–H and O–H groups in total. The van der Waals surface area contributed by atoms with Crippen molar-refractivity contribution in [2.45, 2.75) is 6.92 Å². The van der Waals surface area contributed by atoms with Gasteiger partial charge < -0.3 is 10.1 Å². The Hall–Kier alpha value is -1.45. The van der Waals surface area contributed by atoms with Crippen molar-refractivity contribution >= 4 is 24.9 Å². The van der Waals surface area contributed by atoms with E-state index in [-0.39, 0.29) is 5.91 Å². The molecule has 1 rings (SSSR count). The van der Waals surface area contributed by atoms with E-state index in [4.69, 9.17) is 12.6 Å². The van der Waals surface area contributed by atoms with Crippen LogP contribution in [-0.2, 0) is 4.79 Å². The average Bonchev–Trinajstić information content (AvgIpc) is 2.03. The van der Waals surface area contributed by atoms with Gasteiger partial charge in [-0.2, -0.15) is 0 Å². The van der Waals surface area contributed by atoms with E-state index in [1.165, 1.54) is 6.92 Å². The summed E-state index contributed by atoms with van der Waals surface area (Å²) >= 11 is 0. The summed E-state index contributed by atoms with van der Waals surface area (Å²) in [5.41, 5.74) is 1.18. The van der Waals surface area contributed by atoms with Gasteiger partial charge in [-0.3, -0.25) is 4.79 Å². The molecule has 2 radical (unpaired) electrons. The molecule has 0 aliphatic carbocycles. The predicted molar refractivity (Wildman–Crippen MR) is 52.7 cm³/mol. The Morgan fingerprint density at radius 2 is 2.23 bits per heavy atom. The summed E-state index contributed by atoms with van der Waals surface area (Å²) in [4.78, 5) is 10.7. The molecule has 1 amide bonds. The van der Waals surface area contributed by atoms with Crippen molar-refractivity contribution < 1.29 is 9.53 Å². The number of methoxy groups -OCH3 is 1. The predicted octanol–water partition coefficient (Wildman–Crippen LogP) is 0.447. The van der Waals surface area contributed by atoms with Gasteiger partial charge >= 0.3 is 0 Å². The summed E-state index contributed by atoms with van der Waals surface area (Å²) in [6.45, 7) is 1.44. The second kappa shape index (κ2) is 3.98. The smallest absolute Gasteiger partial charge is 0.221 e. The highest BCUT2D eigenvalue weighted by molar-refractivity contribution is 6.34. The van der Waals surface area contributed by atoms with Crippen molar-refractivity contribution in [2.75, 3.05) is 12.4 Å². The van der Waals surface area contributed by atoms with E-state index in [2.05, 4.69) is 5.32 Å². The molecule has 0 atom stereocenters. The van der Waals surface area contributed by atoms with Gasteiger partial charge in [0.1, 0.15) is 13.6 Å². The Labute approximate surface area is 78.5 Å². The lowest BCUT2D eigenvalue weighted by atomic mass is 9.94. The molecular formula is C9H10BNO2. The fraction of sp³-hybridized carbons (Fsp3) is 0.222. The van der Waals surface area contributed by atoms with E-state index in [1.807, 2.05) is 0 Å². The van der Waals surface area contributed by atoms with E-state index in [1.54, 1.807) is 25.3 Å². The zero-order valence-electron chi connectivity index (χ0n) is 7.63. The molecule has 0 aromatic heterocycles. The first-order chi connectivity index (χ1) is 6.13. The summed E-state index contributed by atoms with van der Waals surface area (Å²) in [6.07, 6.45) is 0. The fourth-order valence-electron chi connectivity index (χ4n) is 1.02. The van der Waals surface area contributed by atoms with Gasteiger partial charge in [-0.1, -0.05) is 5.46 Å². The van der Waals surface area contributed by atoms with Crippen molar-refractivity contribution in [3.8, 4) is 5.75 Å². The first-order valence-corrected chi connectivity index (χ1v) is 3.84. The van der Waals surface area contributed by atoms with Crippen molar-refractivity contribution in [3.63, 3.8) is 0 Å². The Morgan fingerprint density at radius 1 is 1.54 bits per heavy atom. The van der Waals surface area contributed by atoms with Crippen molar-refractivity contribution in [1.82, 2.24) is 0 Å². The highest BCUT2D eigenvalue weighted by Gasteiger charge is 1.99. The molecule has 0 aliphatic rings. The molecule has 0 saturated carbocycles. The molecule has 0 spiro atoms. The quantitative estimate of drug-likeness (QED) is 0.662. The van der Waals surface area contributed by atoms with Crippen LogP contribution in [0.15, 0.2) is 18.2 Å². The summed E-state index contributed by atoms with van der Waals surface area (Å²) in [5, 5.41) is 2.62. The lowest BCUT2D eigenvalue weighted by Gasteiger charge is -2.07. The highest BCUT2D eigenvalue weighted by atomic mass is 16.5. The van der Waals surface area contributed by atoms with Crippen LogP contribution in [0, 0.1) is 0 Å². The third-order valence-corrected chi connectivity index (χ3v) is 1.55. The van der Waals surface area contributed by atoms with Crippen LogP contribution in [0.5, 0.6) is 5.75 Å². The van der Waals surface area contributed by atoms with Crippen LogP contribution in [0.25, 0.3) is 0 Å². The first-order valence-electron chi connectivity index (χ1n) is 3.84. The maximum Gasteiger partial charge on any atom is 0.221 e. The van der Waals surface area contributed by atoms with Gasteiger partial charge in [0.15, 0.2) is 0 Å². The minimum atomic E-state index is -0.121. The summed E-state index contributed by atoms with van der Waals surface area (Å²) < 4.78 is 4.97. The Bertz CT molecular complexity index is 325. The summed E-state index contributed by atoms with van der Waals surface area (Å²) in [7, 11) is 7.18. The molecule has 1 aromatic rings. The van der Waals surface area contributed by atoms with Crippen molar-refractivity contribution in [2.24, 2.45) is 0 Å². The number of nitrogens with one attached hydrogen (secondary N) is 1. The van der Waals surface area contributed by atoms with E-state index >= 15 is 0 Å². The summed E-state index contributed by atoms with van der Waals surface area (Å²) in [5.74, 6) is 0.485. The van der Waals surface area contributed by atoms with E-state index in [9.17, 15) is 4.79 Å². The Balaban J connectivity index is 2.89. The molecule has 4 heteroatoms. The van der Waals surface area contributed by atoms with E-state index in [0.29, 0.717) is 16.9 Å². The molecule has 3 nitrogen and oxygen atoms in total. The molecule has 0 saturated heterocycles. The zero-order valence-corrected chi connectivity index (χ0v) is 7.63. The summed E-state index contributed by atoms with van der Waals surface area (Å²) in [6, 6.07) is 5.09. The average molecular weight is 175 g/mol. The topological polar surface area (TPSA) is 38.3 Å². The Kier molecular flexibility index (Phi) is 2.95. The number of carbonyl (C=O) groups is 1. The van der Waals surface area contributed by atoms with Crippen LogP contribution in [0.2, 0.25) is 0 Å². The fourth-order valence-corrected chi connectivity index (χ4v) is 1.02. The van der Waals surface area contributed by atoms with Gasteiger partial charge in [-0.05, 0) is 18.2 Å². The van der Waals surface area contributed by atoms with Crippen LogP contribution in [0.4, 0.5) is 5.69 Å². The zero-order chi connectivity index (χ0) is 9.84. The molecule has 13 heavy (non-hydrogen) atoms. The SMILES string of the molecule is [B]c1cc(NC(C)=O)ccc1OC. The highest BCUT2D eigenvalue weighted by Crippen LogP contribution is 2.11. The van der Waals surface area contributed by atoms with Crippen molar-refractivity contribution in [3.05, 3.63) is 18.2 Å². The van der Waals surface area contributed by atoms with E-state index in [0.717, 1.165) is 0 Å². The second-order valence-corrected chi connectivity index (χ2v) is 2.64. The lowest BCUT2D eigenvalue weighted by Crippen LogP contribution is -2.11. The normalized spacial score (nSPS) is 9.38. The molecule has 0 fully saturated rings. The number of ether oxygens (including phenoxy) is 1. The van der Waals surface area contributed by atoms with Crippen LogP contribution in [-0.4, -0.2) is 20.9 Å². The minimum Gasteiger partial charge on any atom is -0.497 e. The van der Waals surface area contributed by atoms with Gasteiger partial charge in [-0.15, -0.1) is 0 Å². The molecule has 0 unspecified atom stereocenters.